The van der Waals surface area contributed by atoms with E-state index in [9.17, 15) is 5.11 Å². The zero-order valence-electron chi connectivity index (χ0n) is 7.46. The van der Waals surface area contributed by atoms with E-state index in [1.54, 1.807) is 0 Å². The van der Waals surface area contributed by atoms with Gasteiger partial charge in [0.25, 0.3) is 0 Å². The summed E-state index contributed by atoms with van der Waals surface area (Å²) < 4.78 is 0. The lowest BCUT2D eigenvalue weighted by molar-refractivity contribution is -0.00337. The van der Waals surface area contributed by atoms with Crippen molar-refractivity contribution in [1.82, 2.24) is 4.90 Å². The van der Waals surface area contributed by atoms with Crippen LogP contribution in [-0.4, -0.2) is 29.3 Å². The molecule has 0 saturated heterocycles. The molecule has 0 radical (unpaired) electrons. The summed E-state index contributed by atoms with van der Waals surface area (Å²) in [7, 11) is 1.95. The number of aliphatic hydroxyl groups is 1. The van der Waals surface area contributed by atoms with Crippen LogP contribution in [0.2, 0.25) is 0 Å². The molecule has 0 aliphatic rings. The Labute approximate surface area is 63.8 Å². The fraction of sp³-hybridized carbons (Fsp3) is 1.00. The van der Waals surface area contributed by atoms with Gasteiger partial charge >= 0.3 is 0 Å². The number of aliphatic hydroxyl groups excluding tert-OH is 1. The zero-order valence-corrected chi connectivity index (χ0v) is 7.46. The van der Waals surface area contributed by atoms with Gasteiger partial charge in [-0.15, -0.1) is 0 Å². The van der Waals surface area contributed by atoms with Crippen molar-refractivity contribution in [3.05, 3.63) is 0 Å². The van der Waals surface area contributed by atoms with Crippen molar-refractivity contribution in [2.24, 2.45) is 0 Å². The molecule has 1 unspecified atom stereocenters. The Morgan fingerprint density at radius 2 is 1.90 bits per heavy atom. The van der Waals surface area contributed by atoms with Gasteiger partial charge in [0.2, 0.25) is 0 Å². The maximum Gasteiger partial charge on any atom is 0.107 e. The molecule has 0 amide bonds. The Balaban J connectivity index is 3.58. The highest BCUT2D eigenvalue weighted by Crippen LogP contribution is 2.04. The average molecular weight is 145 g/mol. The molecule has 2 heteroatoms. The summed E-state index contributed by atoms with van der Waals surface area (Å²) in [6.45, 7) is 6.25. The molecule has 0 aromatic carbocycles. The summed E-state index contributed by atoms with van der Waals surface area (Å²) in [4.78, 5) is 1.98. The molecule has 1 N–H and O–H groups in total. The molecule has 0 bridgehead atoms. The van der Waals surface area contributed by atoms with Crippen LogP contribution in [0.5, 0.6) is 0 Å². The molecule has 0 fully saturated rings. The van der Waals surface area contributed by atoms with Crippen LogP contribution in [0, 0.1) is 0 Å². The van der Waals surface area contributed by atoms with Crippen LogP contribution >= 0.6 is 0 Å². The van der Waals surface area contributed by atoms with Crippen LogP contribution in [0.3, 0.4) is 0 Å². The minimum Gasteiger partial charge on any atom is -0.378 e. The van der Waals surface area contributed by atoms with E-state index >= 15 is 0 Å². The number of nitrogens with zero attached hydrogens (tertiary/aromatic N) is 1. The summed E-state index contributed by atoms with van der Waals surface area (Å²) in [5.41, 5.74) is 0. The zero-order chi connectivity index (χ0) is 8.15. The van der Waals surface area contributed by atoms with Crippen molar-refractivity contribution in [2.75, 3.05) is 7.05 Å². The maximum absolute atomic E-state index is 9.41. The van der Waals surface area contributed by atoms with Crippen LogP contribution in [0.15, 0.2) is 0 Å². The predicted octanol–water partition coefficient (Wildman–Crippen LogP) is 1.45. The van der Waals surface area contributed by atoms with Crippen molar-refractivity contribution < 1.29 is 5.11 Å². The summed E-state index contributed by atoms with van der Waals surface area (Å²) in [5, 5.41) is 9.41. The monoisotopic (exact) mass is 145 g/mol. The standard InChI is InChI=1S/C8H19NO/c1-5-6-8(10)9(4)7(2)3/h7-8,10H,5-6H2,1-4H3. The second-order valence-corrected chi connectivity index (χ2v) is 3.03. The van der Waals surface area contributed by atoms with Gasteiger partial charge in [-0.25, -0.2) is 0 Å². The number of hydrogen-bond acceptors (Lipinski definition) is 2. The van der Waals surface area contributed by atoms with E-state index in [0.29, 0.717) is 6.04 Å². The molecule has 0 spiro atoms. The van der Waals surface area contributed by atoms with Gasteiger partial charge in [-0.1, -0.05) is 13.3 Å². The van der Waals surface area contributed by atoms with E-state index in [0.717, 1.165) is 12.8 Å². The van der Waals surface area contributed by atoms with Gasteiger partial charge < -0.3 is 5.11 Å². The third-order valence-corrected chi connectivity index (χ3v) is 1.83. The summed E-state index contributed by atoms with van der Waals surface area (Å²) >= 11 is 0. The molecule has 0 aliphatic heterocycles. The lowest BCUT2D eigenvalue weighted by Crippen LogP contribution is -2.36. The number of hydrogen-bond donors (Lipinski definition) is 1. The van der Waals surface area contributed by atoms with Gasteiger partial charge in [-0.2, -0.15) is 0 Å². The third-order valence-electron chi connectivity index (χ3n) is 1.83. The first kappa shape index (κ1) is 9.92. The molecule has 0 rings (SSSR count). The SMILES string of the molecule is CCCC(O)N(C)C(C)C. The maximum atomic E-state index is 9.41. The van der Waals surface area contributed by atoms with Crippen LogP contribution in [0.1, 0.15) is 33.6 Å². The lowest BCUT2D eigenvalue weighted by Gasteiger charge is -2.26. The second kappa shape index (κ2) is 4.69. The quantitative estimate of drug-likeness (QED) is 0.605. The van der Waals surface area contributed by atoms with Gasteiger partial charge in [-0.05, 0) is 27.3 Å². The highest BCUT2D eigenvalue weighted by molar-refractivity contribution is 4.60. The van der Waals surface area contributed by atoms with Gasteiger partial charge in [0.05, 0.1) is 0 Å². The Bertz CT molecular complexity index is 83.3. The highest BCUT2D eigenvalue weighted by Gasteiger charge is 2.11. The normalized spacial score (nSPS) is 14.7. The first-order valence-electron chi connectivity index (χ1n) is 3.99. The lowest BCUT2D eigenvalue weighted by atomic mass is 10.2. The summed E-state index contributed by atoms with van der Waals surface area (Å²) in [6, 6.07) is 0.432. The van der Waals surface area contributed by atoms with Gasteiger partial charge in [0, 0.05) is 6.04 Å². The van der Waals surface area contributed by atoms with E-state index < -0.39 is 0 Å². The molecule has 62 valence electrons. The first-order chi connectivity index (χ1) is 4.59. The minimum atomic E-state index is -0.259. The van der Waals surface area contributed by atoms with Crippen molar-refractivity contribution in [3.8, 4) is 0 Å². The van der Waals surface area contributed by atoms with Gasteiger partial charge in [-0.3, -0.25) is 4.90 Å². The Morgan fingerprint density at radius 3 is 2.20 bits per heavy atom. The van der Waals surface area contributed by atoms with E-state index in [-0.39, 0.29) is 6.23 Å². The van der Waals surface area contributed by atoms with E-state index in [4.69, 9.17) is 0 Å². The van der Waals surface area contributed by atoms with Gasteiger partial charge in [0.15, 0.2) is 0 Å². The van der Waals surface area contributed by atoms with Gasteiger partial charge in [0.1, 0.15) is 6.23 Å². The van der Waals surface area contributed by atoms with Crippen LogP contribution < -0.4 is 0 Å². The molecule has 0 saturated carbocycles. The Morgan fingerprint density at radius 1 is 1.40 bits per heavy atom. The third kappa shape index (κ3) is 3.18. The molecule has 0 heterocycles. The van der Waals surface area contributed by atoms with E-state index in [2.05, 4.69) is 20.8 Å². The number of rotatable bonds is 4. The smallest absolute Gasteiger partial charge is 0.107 e. The van der Waals surface area contributed by atoms with Crippen molar-refractivity contribution >= 4 is 0 Å². The topological polar surface area (TPSA) is 23.5 Å². The Kier molecular flexibility index (Phi) is 4.65. The molecule has 2 nitrogen and oxygen atoms in total. The molecule has 0 aromatic rings. The highest BCUT2D eigenvalue weighted by atomic mass is 16.3. The molecule has 1 atom stereocenters. The molecule has 10 heavy (non-hydrogen) atoms. The average Bonchev–Trinajstić information content (AvgIpc) is 1.87. The van der Waals surface area contributed by atoms with E-state index in [1.165, 1.54) is 0 Å². The fourth-order valence-corrected chi connectivity index (χ4v) is 0.806. The largest absolute Gasteiger partial charge is 0.378 e. The van der Waals surface area contributed by atoms with Crippen molar-refractivity contribution in [2.45, 2.75) is 45.9 Å². The van der Waals surface area contributed by atoms with E-state index in [1.807, 2.05) is 11.9 Å². The van der Waals surface area contributed by atoms with Crippen molar-refractivity contribution in [3.63, 3.8) is 0 Å². The summed E-state index contributed by atoms with van der Waals surface area (Å²) in [5.74, 6) is 0. The molecule has 0 aliphatic carbocycles. The second-order valence-electron chi connectivity index (χ2n) is 3.03. The Hall–Kier alpha value is -0.0800. The fourth-order valence-electron chi connectivity index (χ4n) is 0.806. The minimum absolute atomic E-state index is 0.259. The molecular formula is C8H19NO. The first-order valence-corrected chi connectivity index (χ1v) is 3.99. The molecule has 0 aromatic heterocycles. The summed E-state index contributed by atoms with van der Waals surface area (Å²) in [6.07, 6.45) is 1.65. The van der Waals surface area contributed by atoms with Crippen LogP contribution in [-0.2, 0) is 0 Å². The van der Waals surface area contributed by atoms with Crippen LogP contribution in [0.4, 0.5) is 0 Å². The predicted molar refractivity (Wildman–Crippen MR) is 43.8 cm³/mol. The van der Waals surface area contributed by atoms with Crippen molar-refractivity contribution in [1.29, 1.82) is 0 Å². The molecular weight excluding hydrogens is 126 g/mol. The van der Waals surface area contributed by atoms with Crippen LogP contribution in [0.25, 0.3) is 0 Å².